The third kappa shape index (κ3) is 4.10. The number of nitrogens with two attached hydrogens (primary N) is 1. The summed E-state index contributed by atoms with van der Waals surface area (Å²) in [5.41, 5.74) is 3.79. The predicted octanol–water partition coefficient (Wildman–Crippen LogP) is 0.562. The maximum atomic E-state index is 13.9. The van der Waals surface area contributed by atoms with Gasteiger partial charge in [-0.25, -0.2) is 0 Å². The fourth-order valence-corrected chi connectivity index (χ4v) is 6.45. The number of anilines is 1. The molecule has 12 heteroatoms. The molecule has 0 unspecified atom stereocenters. The van der Waals surface area contributed by atoms with E-state index in [1.54, 1.807) is 30.3 Å². The van der Waals surface area contributed by atoms with E-state index in [0.29, 0.717) is 22.4 Å². The number of phenolic OH excluding ortho intramolecular Hbond substituents is 1. The molecule has 0 heterocycles. The van der Waals surface area contributed by atoms with Crippen LogP contribution in [0.1, 0.15) is 17.5 Å². The molecule has 0 radical (unpaired) electrons. The first-order chi connectivity index (χ1) is 19.3. The Balaban J connectivity index is 1.65. The second-order valence-corrected chi connectivity index (χ2v) is 10.7. The molecular formula is C29H29N3O9. The molecule has 0 aromatic heterocycles. The standard InChI is InChI=1S/C29H29N3O9/c1-32(2)23-17-10-13-9-16-15(12-3-5-14(6-4-12)31-19(35)11-33)7-8-18(34)21(16)24(36)20(13)26(38)29(17,41)27(39)22(25(23)37)28(30)40/h3-8,13,17,23,33-34,36,39,41H,9-11H2,1-2H3,(H2,30,40)(H,31,35)/t13-,17+,23-,29-/m0/s1. The number of amides is 2. The van der Waals surface area contributed by atoms with Crippen molar-refractivity contribution in [3.8, 4) is 16.9 Å². The Hall–Kier alpha value is -4.52. The number of benzene rings is 2. The van der Waals surface area contributed by atoms with Crippen LogP contribution in [-0.2, 0) is 25.6 Å². The molecule has 3 aliphatic carbocycles. The van der Waals surface area contributed by atoms with Crippen molar-refractivity contribution in [1.82, 2.24) is 4.90 Å². The highest BCUT2D eigenvalue weighted by atomic mass is 16.3. The predicted molar refractivity (Wildman–Crippen MR) is 145 cm³/mol. The smallest absolute Gasteiger partial charge is 0.255 e. The van der Waals surface area contributed by atoms with Crippen LogP contribution in [0.3, 0.4) is 0 Å². The van der Waals surface area contributed by atoms with Crippen LogP contribution in [0.4, 0.5) is 5.69 Å². The first-order valence-corrected chi connectivity index (χ1v) is 12.8. The van der Waals surface area contributed by atoms with Crippen molar-refractivity contribution in [2.24, 2.45) is 17.6 Å². The molecule has 1 fully saturated rings. The number of ketones is 2. The largest absolute Gasteiger partial charge is 0.508 e. The minimum absolute atomic E-state index is 0.0172. The summed E-state index contributed by atoms with van der Waals surface area (Å²) in [5, 5.41) is 56.3. The van der Waals surface area contributed by atoms with Gasteiger partial charge in [0.2, 0.25) is 11.7 Å². The first kappa shape index (κ1) is 28.0. The lowest BCUT2D eigenvalue weighted by Crippen LogP contribution is -2.65. The van der Waals surface area contributed by atoms with Crippen LogP contribution in [0.25, 0.3) is 16.9 Å². The zero-order chi connectivity index (χ0) is 30.0. The molecule has 0 spiro atoms. The van der Waals surface area contributed by atoms with E-state index in [1.165, 1.54) is 25.1 Å². The molecule has 12 nitrogen and oxygen atoms in total. The monoisotopic (exact) mass is 563 g/mol. The van der Waals surface area contributed by atoms with Gasteiger partial charge in [-0.1, -0.05) is 18.2 Å². The number of hydrogen-bond acceptors (Lipinski definition) is 10. The fraction of sp³-hybridized carbons (Fsp3) is 0.310. The Morgan fingerprint density at radius 1 is 1.07 bits per heavy atom. The lowest BCUT2D eigenvalue weighted by molar-refractivity contribution is -0.153. The van der Waals surface area contributed by atoms with Crippen molar-refractivity contribution < 1.29 is 44.7 Å². The molecule has 1 saturated carbocycles. The molecule has 41 heavy (non-hydrogen) atoms. The van der Waals surface area contributed by atoms with Gasteiger partial charge in [-0.3, -0.25) is 24.1 Å². The molecule has 214 valence electrons. The van der Waals surface area contributed by atoms with E-state index in [2.05, 4.69) is 5.32 Å². The number of carbonyl (C=O) groups excluding carboxylic acids is 4. The Bertz CT molecular complexity index is 1570. The zero-order valence-corrected chi connectivity index (χ0v) is 22.2. The van der Waals surface area contributed by atoms with Gasteiger partial charge in [-0.2, -0.15) is 0 Å². The second-order valence-electron chi connectivity index (χ2n) is 10.7. The SMILES string of the molecule is CN(C)[C@@H]1C(=O)C(C(N)=O)=C(O)[C@@]2(O)C(=O)C3=C(O)c4c(O)ccc(-c5ccc(NC(=O)CO)cc5)c4C[C@H]3C[C@H]12. The number of likely N-dealkylation sites (N-methyl/N-ethyl adjacent to an activating group) is 1. The normalized spacial score (nSPS) is 25.5. The maximum absolute atomic E-state index is 13.9. The molecule has 4 atom stereocenters. The molecule has 2 amide bonds. The number of nitrogens with zero attached hydrogens (tertiary/aromatic N) is 1. The molecule has 0 aliphatic heterocycles. The fourth-order valence-electron chi connectivity index (χ4n) is 6.45. The van der Waals surface area contributed by atoms with E-state index < -0.39 is 70.6 Å². The number of nitrogens with one attached hydrogen (secondary N) is 1. The first-order valence-electron chi connectivity index (χ1n) is 12.8. The van der Waals surface area contributed by atoms with Gasteiger partial charge in [-0.15, -0.1) is 0 Å². The summed E-state index contributed by atoms with van der Waals surface area (Å²) in [5.74, 6) is -7.68. The molecule has 5 rings (SSSR count). The van der Waals surface area contributed by atoms with Crippen LogP contribution in [0.5, 0.6) is 5.75 Å². The Kier molecular flexibility index (Phi) is 6.72. The van der Waals surface area contributed by atoms with Crippen LogP contribution in [0, 0.1) is 11.8 Å². The highest BCUT2D eigenvalue weighted by molar-refractivity contribution is 6.24. The van der Waals surface area contributed by atoms with Crippen LogP contribution in [0.15, 0.2) is 53.3 Å². The number of carbonyl (C=O) groups is 4. The van der Waals surface area contributed by atoms with Gasteiger partial charge >= 0.3 is 0 Å². The van der Waals surface area contributed by atoms with Crippen molar-refractivity contribution in [3.05, 3.63) is 64.4 Å². The van der Waals surface area contributed by atoms with E-state index in [0.717, 1.165) is 0 Å². The number of phenols is 1. The topological polar surface area (TPSA) is 211 Å². The number of rotatable bonds is 5. The number of aliphatic hydroxyl groups is 4. The van der Waals surface area contributed by atoms with E-state index >= 15 is 0 Å². The van der Waals surface area contributed by atoms with Crippen molar-refractivity contribution in [2.45, 2.75) is 24.5 Å². The minimum Gasteiger partial charge on any atom is -0.508 e. The summed E-state index contributed by atoms with van der Waals surface area (Å²) in [7, 11) is 3.08. The molecule has 3 aliphatic rings. The van der Waals surface area contributed by atoms with E-state index in [-0.39, 0.29) is 29.7 Å². The van der Waals surface area contributed by atoms with E-state index in [9.17, 15) is 39.6 Å². The number of fused-ring (bicyclic) bond motifs is 3. The molecule has 8 N–H and O–H groups in total. The quantitative estimate of drug-likeness (QED) is 0.251. The summed E-state index contributed by atoms with van der Waals surface area (Å²) in [6.45, 7) is -0.672. The van der Waals surface area contributed by atoms with E-state index in [4.69, 9.17) is 10.8 Å². The Morgan fingerprint density at radius 2 is 1.73 bits per heavy atom. The van der Waals surface area contributed by atoms with Crippen molar-refractivity contribution in [1.29, 1.82) is 0 Å². The van der Waals surface area contributed by atoms with Crippen LogP contribution in [-0.4, -0.2) is 86.2 Å². The molecule has 0 bridgehead atoms. The summed E-state index contributed by atoms with van der Waals surface area (Å²) >= 11 is 0. The van der Waals surface area contributed by atoms with Gasteiger partial charge in [0.05, 0.1) is 11.6 Å². The lowest BCUT2D eigenvalue weighted by atomic mass is 9.57. The summed E-state index contributed by atoms with van der Waals surface area (Å²) in [6.07, 6.45) is 0.119. The van der Waals surface area contributed by atoms with Gasteiger partial charge in [0.25, 0.3) is 5.91 Å². The number of hydrogen-bond donors (Lipinski definition) is 7. The lowest BCUT2D eigenvalue weighted by Gasteiger charge is -2.50. The summed E-state index contributed by atoms with van der Waals surface area (Å²) < 4.78 is 0. The van der Waals surface area contributed by atoms with Crippen molar-refractivity contribution in [2.75, 3.05) is 26.0 Å². The minimum atomic E-state index is -2.70. The van der Waals surface area contributed by atoms with Gasteiger partial charge < -0.3 is 36.6 Å². The van der Waals surface area contributed by atoms with Gasteiger partial charge in [0, 0.05) is 17.2 Å². The summed E-state index contributed by atoms with van der Waals surface area (Å²) in [6, 6.07) is 8.48. The van der Waals surface area contributed by atoms with Crippen LogP contribution >= 0.6 is 0 Å². The maximum Gasteiger partial charge on any atom is 0.255 e. The van der Waals surface area contributed by atoms with Crippen molar-refractivity contribution >= 4 is 34.8 Å². The molecule has 2 aromatic rings. The number of aliphatic hydroxyl groups excluding tert-OH is 3. The van der Waals surface area contributed by atoms with Gasteiger partial charge in [0.1, 0.15) is 29.4 Å². The third-order valence-electron chi connectivity index (χ3n) is 8.23. The zero-order valence-electron chi connectivity index (χ0n) is 22.2. The highest BCUT2D eigenvalue weighted by Gasteiger charge is 2.64. The summed E-state index contributed by atoms with van der Waals surface area (Å²) in [4.78, 5) is 52.2. The molecular weight excluding hydrogens is 534 g/mol. The third-order valence-corrected chi connectivity index (χ3v) is 8.23. The Labute approximate surface area is 234 Å². The highest BCUT2D eigenvalue weighted by Crippen LogP contribution is 2.53. The average molecular weight is 564 g/mol. The van der Waals surface area contributed by atoms with Gasteiger partial charge in [0.15, 0.2) is 11.4 Å². The van der Waals surface area contributed by atoms with Crippen LogP contribution < -0.4 is 11.1 Å². The van der Waals surface area contributed by atoms with E-state index in [1.807, 2.05) is 0 Å². The molecule has 2 aromatic carbocycles. The number of primary amides is 1. The second kappa shape index (κ2) is 9.84. The van der Waals surface area contributed by atoms with Crippen LogP contribution in [0.2, 0.25) is 0 Å². The van der Waals surface area contributed by atoms with Gasteiger partial charge in [-0.05, 0) is 67.7 Å². The number of Topliss-reactive ketones (excluding diaryl/α,β-unsaturated/α-hetero) is 2. The average Bonchev–Trinajstić information content (AvgIpc) is 2.91. The molecule has 0 saturated heterocycles. The van der Waals surface area contributed by atoms with Crippen molar-refractivity contribution in [3.63, 3.8) is 0 Å². The Morgan fingerprint density at radius 3 is 2.32 bits per heavy atom. The number of aromatic hydroxyl groups is 1.